The van der Waals surface area contributed by atoms with Gasteiger partial charge >= 0.3 is 0 Å². The molecule has 0 atom stereocenters. The fourth-order valence-electron chi connectivity index (χ4n) is 1.75. The largest absolute Gasteiger partial charge is 0.380 e. The van der Waals surface area contributed by atoms with Gasteiger partial charge < -0.3 is 15.0 Å². The lowest BCUT2D eigenvalue weighted by atomic mass is 10.2. The van der Waals surface area contributed by atoms with Crippen LogP contribution >= 0.6 is 11.6 Å². The van der Waals surface area contributed by atoms with Gasteiger partial charge in [0, 0.05) is 26.7 Å². The molecule has 0 aliphatic rings. The average Bonchev–Trinajstić information content (AvgIpc) is 2.40. The zero-order valence-electron chi connectivity index (χ0n) is 12.9. The lowest BCUT2D eigenvalue weighted by molar-refractivity contribution is 0.154. The van der Waals surface area contributed by atoms with Gasteiger partial charge in [0.1, 0.15) is 5.82 Å². The van der Waals surface area contributed by atoms with Gasteiger partial charge in [0.15, 0.2) is 0 Å². The summed E-state index contributed by atoms with van der Waals surface area (Å²) in [4.78, 5) is 6.71. The van der Waals surface area contributed by atoms with E-state index in [1.54, 1.807) is 0 Å². The lowest BCUT2D eigenvalue weighted by Crippen LogP contribution is -2.25. The fourth-order valence-corrected chi connectivity index (χ4v) is 1.92. The summed E-state index contributed by atoms with van der Waals surface area (Å²) >= 11 is 6.20. The summed E-state index contributed by atoms with van der Waals surface area (Å²) in [5.74, 6) is 1.54. The van der Waals surface area contributed by atoms with Crippen molar-refractivity contribution in [3.05, 3.63) is 22.8 Å². The van der Waals surface area contributed by atoms with Crippen LogP contribution in [0.5, 0.6) is 0 Å². The molecule has 0 aliphatic heterocycles. The maximum atomic E-state index is 6.20. The van der Waals surface area contributed by atoms with Gasteiger partial charge in [-0.3, -0.25) is 0 Å². The van der Waals surface area contributed by atoms with Crippen molar-refractivity contribution in [1.82, 2.24) is 10.3 Å². The number of ether oxygens (including phenoxy) is 1. The Morgan fingerprint density at radius 1 is 1.40 bits per heavy atom. The van der Waals surface area contributed by atoms with Crippen molar-refractivity contribution < 1.29 is 4.74 Å². The molecule has 0 spiro atoms. The number of nitrogens with zero attached hydrogens (tertiary/aromatic N) is 2. The summed E-state index contributed by atoms with van der Waals surface area (Å²) in [6.07, 6.45) is 0. The number of nitrogens with one attached hydrogen (secondary N) is 1. The molecule has 0 fully saturated rings. The minimum absolute atomic E-state index is 0.617. The molecule has 0 saturated heterocycles. The SMILES string of the molecule is CCOCCN(C)c1ccc(Cl)c(CNCC(C)C)n1. The maximum Gasteiger partial charge on any atom is 0.128 e. The molecule has 1 heterocycles. The fraction of sp³-hybridized carbons (Fsp3) is 0.667. The minimum atomic E-state index is 0.617. The Kier molecular flexibility index (Phi) is 7.88. The van der Waals surface area contributed by atoms with Gasteiger partial charge in [0.25, 0.3) is 0 Å². The number of aromatic nitrogens is 1. The summed E-state index contributed by atoms with van der Waals surface area (Å²) in [6.45, 7) is 10.3. The van der Waals surface area contributed by atoms with Crippen LogP contribution < -0.4 is 10.2 Å². The first-order valence-corrected chi connectivity index (χ1v) is 7.57. The van der Waals surface area contributed by atoms with E-state index < -0.39 is 0 Å². The van der Waals surface area contributed by atoms with Crippen LogP contribution in [0.2, 0.25) is 5.02 Å². The van der Waals surface area contributed by atoms with E-state index in [1.807, 2.05) is 26.1 Å². The highest BCUT2D eigenvalue weighted by Crippen LogP contribution is 2.18. The monoisotopic (exact) mass is 299 g/mol. The third-order valence-corrected chi connectivity index (χ3v) is 3.26. The van der Waals surface area contributed by atoms with Gasteiger partial charge in [-0.2, -0.15) is 0 Å². The van der Waals surface area contributed by atoms with Crippen LogP contribution in [0.1, 0.15) is 26.5 Å². The Bertz CT molecular complexity index is 399. The van der Waals surface area contributed by atoms with Crippen LogP contribution in [-0.4, -0.2) is 38.3 Å². The van der Waals surface area contributed by atoms with Crippen LogP contribution in [0.3, 0.4) is 0 Å². The first kappa shape index (κ1) is 17.2. The van der Waals surface area contributed by atoms with E-state index in [9.17, 15) is 0 Å². The van der Waals surface area contributed by atoms with E-state index in [0.717, 1.165) is 31.2 Å². The van der Waals surface area contributed by atoms with E-state index in [-0.39, 0.29) is 0 Å². The Morgan fingerprint density at radius 3 is 2.80 bits per heavy atom. The molecule has 0 aliphatic carbocycles. The van der Waals surface area contributed by atoms with E-state index in [2.05, 4.69) is 29.0 Å². The summed E-state index contributed by atoms with van der Waals surface area (Å²) in [7, 11) is 2.01. The topological polar surface area (TPSA) is 37.4 Å². The van der Waals surface area contributed by atoms with Crippen molar-refractivity contribution in [3.63, 3.8) is 0 Å². The van der Waals surface area contributed by atoms with E-state index in [1.165, 1.54) is 0 Å². The van der Waals surface area contributed by atoms with Gasteiger partial charge in [-0.25, -0.2) is 4.98 Å². The average molecular weight is 300 g/mol. The van der Waals surface area contributed by atoms with Gasteiger partial charge in [0.2, 0.25) is 0 Å². The molecule has 0 unspecified atom stereocenters. The van der Waals surface area contributed by atoms with Crippen molar-refractivity contribution >= 4 is 17.4 Å². The van der Waals surface area contributed by atoms with Gasteiger partial charge in [0.05, 0.1) is 17.3 Å². The molecule has 0 saturated carbocycles. The molecule has 0 amide bonds. The number of anilines is 1. The second kappa shape index (κ2) is 9.16. The summed E-state index contributed by atoms with van der Waals surface area (Å²) in [6, 6.07) is 3.85. The standard InChI is InChI=1S/C15H26ClN3O/c1-5-20-9-8-19(4)15-7-6-13(16)14(18-15)11-17-10-12(2)3/h6-7,12,17H,5,8-11H2,1-4H3. The highest BCUT2D eigenvalue weighted by molar-refractivity contribution is 6.31. The van der Waals surface area contributed by atoms with Gasteiger partial charge in [-0.05, 0) is 31.5 Å². The van der Waals surface area contributed by atoms with Crippen molar-refractivity contribution in [2.75, 3.05) is 38.3 Å². The minimum Gasteiger partial charge on any atom is -0.380 e. The third kappa shape index (κ3) is 6.07. The maximum absolute atomic E-state index is 6.20. The van der Waals surface area contributed by atoms with E-state index in [4.69, 9.17) is 16.3 Å². The first-order valence-electron chi connectivity index (χ1n) is 7.19. The van der Waals surface area contributed by atoms with Crippen LogP contribution in [0, 0.1) is 5.92 Å². The molecule has 20 heavy (non-hydrogen) atoms. The molecule has 114 valence electrons. The highest BCUT2D eigenvalue weighted by Gasteiger charge is 2.07. The zero-order chi connectivity index (χ0) is 15.0. The van der Waals surface area contributed by atoms with E-state index in [0.29, 0.717) is 24.1 Å². The lowest BCUT2D eigenvalue weighted by Gasteiger charge is -2.19. The van der Waals surface area contributed by atoms with Crippen molar-refractivity contribution in [3.8, 4) is 0 Å². The molecule has 5 heteroatoms. The highest BCUT2D eigenvalue weighted by atomic mass is 35.5. The molecule has 1 rings (SSSR count). The molecule has 1 aromatic rings. The van der Waals surface area contributed by atoms with Crippen molar-refractivity contribution in [2.24, 2.45) is 5.92 Å². The Morgan fingerprint density at radius 2 is 2.15 bits per heavy atom. The normalized spacial score (nSPS) is 11.1. The molecule has 1 N–H and O–H groups in total. The number of likely N-dealkylation sites (N-methyl/N-ethyl adjacent to an activating group) is 1. The Hall–Kier alpha value is -0.840. The van der Waals surface area contributed by atoms with Crippen LogP contribution in [0.4, 0.5) is 5.82 Å². The molecule has 0 bridgehead atoms. The molecule has 1 aromatic heterocycles. The summed E-state index contributed by atoms with van der Waals surface area (Å²) in [5, 5.41) is 4.08. The van der Waals surface area contributed by atoms with Crippen LogP contribution in [0.25, 0.3) is 0 Å². The van der Waals surface area contributed by atoms with E-state index >= 15 is 0 Å². The predicted molar refractivity (Wildman–Crippen MR) is 85.6 cm³/mol. The van der Waals surface area contributed by atoms with Crippen molar-refractivity contribution in [2.45, 2.75) is 27.3 Å². The zero-order valence-corrected chi connectivity index (χ0v) is 13.7. The number of hydrogen-bond acceptors (Lipinski definition) is 4. The van der Waals surface area contributed by atoms with Crippen molar-refractivity contribution in [1.29, 1.82) is 0 Å². The van der Waals surface area contributed by atoms with Crippen LogP contribution in [0.15, 0.2) is 12.1 Å². The third-order valence-electron chi connectivity index (χ3n) is 2.92. The second-order valence-electron chi connectivity index (χ2n) is 5.24. The van der Waals surface area contributed by atoms with Crippen LogP contribution in [-0.2, 0) is 11.3 Å². The number of halogens is 1. The second-order valence-corrected chi connectivity index (χ2v) is 5.65. The number of pyridine rings is 1. The molecule has 0 radical (unpaired) electrons. The molecule has 0 aromatic carbocycles. The summed E-state index contributed by atoms with van der Waals surface area (Å²) < 4.78 is 5.36. The quantitative estimate of drug-likeness (QED) is 0.711. The summed E-state index contributed by atoms with van der Waals surface area (Å²) in [5.41, 5.74) is 0.896. The van der Waals surface area contributed by atoms with Gasteiger partial charge in [-0.1, -0.05) is 25.4 Å². The molecular formula is C15H26ClN3O. The first-order chi connectivity index (χ1) is 9.54. The smallest absolute Gasteiger partial charge is 0.128 e. The molecule has 4 nitrogen and oxygen atoms in total. The number of rotatable bonds is 9. The Labute approximate surface area is 127 Å². The Balaban J connectivity index is 2.60. The number of hydrogen-bond donors (Lipinski definition) is 1. The molecular weight excluding hydrogens is 274 g/mol. The predicted octanol–water partition coefficient (Wildman–Crippen LogP) is 2.95. The van der Waals surface area contributed by atoms with Gasteiger partial charge in [-0.15, -0.1) is 0 Å².